The number of halogens is 2. The Labute approximate surface area is 355 Å². The van der Waals surface area contributed by atoms with Crippen LogP contribution in [0.25, 0.3) is 11.3 Å². The average molecular weight is 872 g/mol. The molecule has 4 aromatic rings. The van der Waals surface area contributed by atoms with Gasteiger partial charge in [-0.3, -0.25) is 34.2 Å². The predicted octanol–water partition coefficient (Wildman–Crippen LogP) is 3.84. The number of nitrogens with one attached hydrogen (secondary N) is 3. The van der Waals surface area contributed by atoms with E-state index in [1.165, 1.54) is 34.6 Å². The number of anilines is 4. The molecule has 5 amide bonds. The molecule has 17 nitrogen and oxygen atoms in total. The number of rotatable bonds is 10. The second-order valence-corrected chi connectivity index (χ2v) is 17.8. The van der Waals surface area contributed by atoms with E-state index in [0.29, 0.717) is 37.3 Å². The smallest absolute Gasteiger partial charge is 0.264 e. The lowest BCUT2D eigenvalue weighted by Gasteiger charge is -2.39. The number of hydrogen-bond acceptors (Lipinski definition) is 13. The molecule has 1 aromatic heterocycles. The Morgan fingerprint density at radius 1 is 0.903 bits per heavy atom. The van der Waals surface area contributed by atoms with E-state index in [1.807, 2.05) is 4.90 Å². The van der Waals surface area contributed by atoms with Gasteiger partial charge in [-0.05, 0) is 81.6 Å². The maximum Gasteiger partial charge on any atom is 0.264 e. The fourth-order valence-electron chi connectivity index (χ4n) is 8.31. The van der Waals surface area contributed by atoms with Crippen molar-refractivity contribution in [2.24, 2.45) is 5.92 Å². The number of amides is 5. The second-order valence-electron chi connectivity index (χ2n) is 15.8. The molecule has 4 N–H and O–H groups in total. The lowest BCUT2D eigenvalue weighted by Crippen LogP contribution is -2.54. The zero-order valence-electron chi connectivity index (χ0n) is 33.7. The van der Waals surface area contributed by atoms with E-state index in [0.717, 1.165) is 17.2 Å². The third-order valence-electron chi connectivity index (χ3n) is 11.5. The number of carbonyl (C=O) groups excluding carboxylic acids is 5. The Bertz CT molecular complexity index is 2600. The number of sulfonamides is 1. The van der Waals surface area contributed by atoms with Gasteiger partial charge < -0.3 is 25.5 Å². The molecule has 0 aliphatic carbocycles. The molecule has 0 radical (unpaired) electrons. The minimum absolute atomic E-state index is 0.0176. The topological polar surface area (TPSA) is 215 Å². The number of benzene rings is 3. The summed E-state index contributed by atoms with van der Waals surface area (Å²) >= 11 is 0. The lowest BCUT2D eigenvalue weighted by molar-refractivity contribution is -0.138. The second kappa shape index (κ2) is 16.7. The van der Waals surface area contributed by atoms with Crippen molar-refractivity contribution in [3.63, 3.8) is 0 Å². The normalized spacial score (nSPS) is 18.9. The third kappa shape index (κ3) is 8.02. The van der Waals surface area contributed by atoms with Crippen molar-refractivity contribution in [3.8, 4) is 17.0 Å². The zero-order chi connectivity index (χ0) is 44.0. The van der Waals surface area contributed by atoms with Crippen LogP contribution in [0.15, 0.2) is 65.7 Å². The first-order chi connectivity index (χ1) is 29.6. The first-order valence-electron chi connectivity index (χ1n) is 20.2. The van der Waals surface area contributed by atoms with Gasteiger partial charge in [0.1, 0.15) is 11.7 Å². The largest absolute Gasteiger partial charge is 0.503 e. The van der Waals surface area contributed by atoms with Crippen LogP contribution in [0, 0.1) is 17.6 Å². The number of aromatic hydroxyl groups is 1. The van der Waals surface area contributed by atoms with E-state index < -0.39 is 57.1 Å². The maximum atomic E-state index is 14.9. The summed E-state index contributed by atoms with van der Waals surface area (Å²) in [5.41, 5.74) is 1.24. The van der Waals surface area contributed by atoms with E-state index in [-0.39, 0.29) is 95.8 Å². The predicted molar refractivity (Wildman–Crippen MR) is 221 cm³/mol. The summed E-state index contributed by atoms with van der Waals surface area (Å²) < 4.78 is 58.0. The molecule has 8 rings (SSSR count). The molecule has 0 spiro atoms. The van der Waals surface area contributed by atoms with Crippen LogP contribution in [-0.4, -0.2) is 118 Å². The highest BCUT2D eigenvalue weighted by Gasteiger charge is 2.46. The zero-order valence-corrected chi connectivity index (χ0v) is 34.5. The number of hydrogen-bond donors (Lipinski definition) is 4. The number of nitrogens with zero attached hydrogens (tertiary/aromatic N) is 6. The molecule has 324 valence electrons. The van der Waals surface area contributed by atoms with Gasteiger partial charge in [0, 0.05) is 68.9 Å². The Morgan fingerprint density at radius 3 is 2.29 bits per heavy atom. The van der Waals surface area contributed by atoms with Gasteiger partial charge in [0.25, 0.3) is 11.8 Å². The lowest BCUT2D eigenvalue weighted by atomic mass is 9.93. The van der Waals surface area contributed by atoms with E-state index in [2.05, 4.69) is 25.9 Å². The van der Waals surface area contributed by atoms with Crippen molar-refractivity contribution < 1.29 is 46.3 Å². The van der Waals surface area contributed by atoms with Crippen LogP contribution in [0.2, 0.25) is 0 Å². The summed E-state index contributed by atoms with van der Waals surface area (Å²) in [6, 6.07) is 11.9. The first kappa shape index (κ1) is 42.2. The van der Waals surface area contributed by atoms with Crippen molar-refractivity contribution in [2.45, 2.75) is 56.5 Å². The summed E-state index contributed by atoms with van der Waals surface area (Å²) in [6.45, 7) is 5.00. The number of phenolic OH excluding ortho intramolecular Hbond substituents is 1. The number of piperidine rings is 2. The standard InChI is InChI=1S/C42H43F2N9O8S/c1-23(2)46-31-21-25(20-29(43)37(31)55)36-30(44)22-45-42(49-36)47-26-6-8-27(9-7-26)62(60,61)52-18-16-51(17-19-52)39(57)24-12-14-50(15-13-24)32-5-3-4-28-35(32)41(59)53(40(28)58)33-10-11-34(54)48-38(33)56/h3-9,20-24,33,46,55H,10-19H2,1-2H3,(H,45,47,49)(H,48,54,56). The van der Waals surface area contributed by atoms with Gasteiger partial charge >= 0.3 is 0 Å². The highest BCUT2D eigenvalue weighted by molar-refractivity contribution is 7.89. The fraction of sp³-hybridized carbons (Fsp3) is 0.357. The van der Waals surface area contributed by atoms with E-state index in [4.69, 9.17) is 0 Å². The summed E-state index contributed by atoms with van der Waals surface area (Å²) in [6.07, 6.45) is 1.93. The van der Waals surface area contributed by atoms with Crippen LogP contribution in [0.1, 0.15) is 60.2 Å². The van der Waals surface area contributed by atoms with Crippen LogP contribution >= 0.6 is 0 Å². The van der Waals surface area contributed by atoms with Crippen molar-refractivity contribution in [2.75, 3.05) is 54.8 Å². The monoisotopic (exact) mass is 871 g/mol. The summed E-state index contributed by atoms with van der Waals surface area (Å²) in [5.74, 6) is -5.16. The molecule has 0 saturated carbocycles. The maximum absolute atomic E-state index is 14.9. The number of fused-ring (bicyclic) bond motifs is 1. The number of phenols is 1. The minimum Gasteiger partial charge on any atom is -0.503 e. The van der Waals surface area contributed by atoms with E-state index in [1.54, 1.807) is 36.9 Å². The number of piperazine rings is 1. The molecule has 20 heteroatoms. The Hall–Kier alpha value is -6.54. The van der Waals surface area contributed by atoms with Gasteiger partial charge in [0.15, 0.2) is 17.4 Å². The third-order valence-corrected chi connectivity index (χ3v) is 13.4. The first-order valence-corrected chi connectivity index (χ1v) is 21.6. The summed E-state index contributed by atoms with van der Waals surface area (Å²) in [7, 11) is -3.94. The van der Waals surface area contributed by atoms with Crippen LogP contribution in [0.5, 0.6) is 5.75 Å². The summed E-state index contributed by atoms with van der Waals surface area (Å²) in [4.78, 5) is 77.6. The van der Waals surface area contributed by atoms with E-state index >= 15 is 0 Å². The van der Waals surface area contributed by atoms with Gasteiger partial charge in [-0.15, -0.1) is 0 Å². The molecule has 3 saturated heterocycles. The average Bonchev–Trinajstić information content (AvgIpc) is 3.51. The van der Waals surface area contributed by atoms with Crippen molar-refractivity contribution in [1.82, 2.24) is 29.4 Å². The summed E-state index contributed by atoms with van der Waals surface area (Å²) in [5, 5.41) is 18.1. The Balaban J connectivity index is 0.857. The quantitative estimate of drug-likeness (QED) is 0.132. The van der Waals surface area contributed by atoms with Crippen LogP contribution in [0.3, 0.4) is 0 Å². The molecule has 3 aromatic carbocycles. The molecule has 0 bridgehead atoms. The molecule has 4 aliphatic heterocycles. The molecule has 1 atom stereocenters. The van der Waals surface area contributed by atoms with Gasteiger partial charge in [-0.25, -0.2) is 27.2 Å². The molecule has 4 aliphatic rings. The SMILES string of the molecule is CC(C)Nc1cc(-c2nc(Nc3ccc(S(=O)(=O)N4CCN(C(=O)C5CCN(c6cccc7c6C(=O)N(C6CCC(=O)NC6=O)C7=O)CC5)CC4)cc3)ncc2F)cc(F)c1O. The van der Waals surface area contributed by atoms with Crippen molar-refractivity contribution in [3.05, 3.63) is 83.6 Å². The van der Waals surface area contributed by atoms with Crippen LogP contribution < -0.4 is 20.9 Å². The number of carbonyl (C=O) groups is 5. The van der Waals surface area contributed by atoms with Crippen LogP contribution in [0.4, 0.5) is 31.8 Å². The Morgan fingerprint density at radius 2 is 1.61 bits per heavy atom. The molecule has 1 unspecified atom stereocenters. The molecular formula is C42H43F2N9O8S. The molecule has 62 heavy (non-hydrogen) atoms. The van der Waals surface area contributed by atoms with Crippen molar-refractivity contribution in [1.29, 1.82) is 0 Å². The highest BCUT2D eigenvalue weighted by atomic mass is 32.2. The van der Waals surface area contributed by atoms with Crippen LogP contribution in [-0.2, 0) is 24.4 Å². The van der Waals surface area contributed by atoms with Gasteiger partial charge in [-0.2, -0.15) is 4.31 Å². The minimum atomic E-state index is -3.94. The molecule has 3 fully saturated rings. The van der Waals surface area contributed by atoms with Gasteiger partial charge in [-0.1, -0.05) is 6.07 Å². The highest BCUT2D eigenvalue weighted by Crippen LogP contribution is 2.37. The molecule has 5 heterocycles. The fourth-order valence-corrected chi connectivity index (χ4v) is 9.73. The van der Waals surface area contributed by atoms with Gasteiger partial charge in [0.05, 0.1) is 33.6 Å². The Kier molecular flexibility index (Phi) is 11.4. The number of imide groups is 2. The van der Waals surface area contributed by atoms with Gasteiger partial charge in [0.2, 0.25) is 33.7 Å². The van der Waals surface area contributed by atoms with Crippen molar-refractivity contribution >= 4 is 62.6 Å². The number of aromatic nitrogens is 2. The molecular weight excluding hydrogens is 829 g/mol. The van der Waals surface area contributed by atoms with E-state index in [9.17, 15) is 46.3 Å².